The van der Waals surface area contributed by atoms with Crippen LogP contribution < -0.4 is 5.32 Å². The van der Waals surface area contributed by atoms with Crippen LogP contribution in [0.25, 0.3) is 0 Å². The van der Waals surface area contributed by atoms with Crippen molar-refractivity contribution < 1.29 is 18.3 Å². The fourth-order valence-electron chi connectivity index (χ4n) is 1.45. The Labute approximate surface area is 118 Å². The second kappa shape index (κ2) is 6.55. The minimum Gasteiger partial charge on any atom is -0.384 e. The molecule has 1 amide bonds. The summed E-state index contributed by atoms with van der Waals surface area (Å²) < 4.78 is 22.6. The fraction of sp³-hybridized carbons (Fsp3) is 0.357. The fourth-order valence-corrected chi connectivity index (χ4v) is 1.90. The third-order valence-electron chi connectivity index (χ3n) is 2.81. The second-order valence-corrected chi connectivity index (χ2v) is 6.82. The number of sulfone groups is 1. The van der Waals surface area contributed by atoms with Crippen molar-refractivity contribution in [3.8, 4) is 11.8 Å². The number of aliphatic hydroxyl groups excluding tert-OH is 1. The number of anilines is 1. The summed E-state index contributed by atoms with van der Waals surface area (Å²) in [6.45, 7) is 2.94. The Kier molecular flexibility index (Phi) is 5.31. The largest absolute Gasteiger partial charge is 0.384 e. The molecule has 2 N–H and O–H groups in total. The van der Waals surface area contributed by atoms with Gasteiger partial charge >= 0.3 is 0 Å². The van der Waals surface area contributed by atoms with Gasteiger partial charge in [0.2, 0.25) is 5.91 Å². The van der Waals surface area contributed by atoms with Crippen LogP contribution >= 0.6 is 0 Å². The quantitative estimate of drug-likeness (QED) is 0.805. The minimum atomic E-state index is -3.41. The van der Waals surface area contributed by atoms with E-state index in [9.17, 15) is 13.2 Å². The van der Waals surface area contributed by atoms with Crippen LogP contribution in [0.5, 0.6) is 0 Å². The van der Waals surface area contributed by atoms with Crippen LogP contribution in [-0.4, -0.2) is 37.5 Å². The van der Waals surface area contributed by atoms with Gasteiger partial charge in [0.1, 0.15) is 11.9 Å². The van der Waals surface area contributed by atoms with Gasteiger partial charge in [0.25, 0.3) is 0 Å². The molecule has 1 unspecified atom stereocenters. The molecule has 1 aromatic rings. The van der Waals surface area contributed by atoms with Gasteiger partial charge in [-0.1, -0.05) is 11.8 Å². The highest BCUT2D eigenvalue weighted by atomic mass is 32.2. The highest BCUT2D eigenvalue weighted by Gasteiger charge is 2.23. The average molecular weight is 295 g/mol. The first-order valence-corrected chi connectivity index (χ1v) is 7.91. The third-order valence-corrected chi connectivity index (χ3v) is 4.31. The first-order valence-electron chi connectivity index (χ1n) is 5.96. The Morgan fingerprint density at radius 2 is 2.10 bits per heavy atom. The summed E-state index contributed by atoms with van der Waals surface area (Å²) in [5.41, 5.74) is 2.08. The highest BCUT2D eigenvalue weighted by molar-refractivity contribution is 7.92. The van der Waals surface area contributed by atoms with Crippen molar-refractivity contribution in [1.82, 2.24) is 0 Å². The summed E-state index contributed by atoms with van der Waals surface area (Å²) in [5.74, 6) is 4.76. The molecule has 0 radical (unpaired) electrons. The Balaban J connectivity index is 2.90. The molecular formula is C14H17NO4S. The van der Waals surface area contributed by atoms with Gasteiger partial charge in [-0.05, 0) is 37.6 Å². The number of amides is 1. The van der Waals surface area contributed by atoms with Crippen molar-refractivity contribution in [3.63, 3.8) is 0 Å². The molecule has 108 valence electrons. The van der Waals surface area contributed by atoms with Gasteiger partial charge in [-0.25, -0.2) is 8.42 Å². The number of aliphatic hydroxyl groups is 1. The van der Waals surface area contributed by atoms with Crippen molar-refractivity contribution >= 4 is 21.4 Å². The maximum Gasteiger partial charge on any atom is 0.242 e. The van der Waals surface area contributed by atoms with Crippen LogP contribution in [-0.2, 0) is 14.6 Å². The van der Waals surface area contributed by atoms with E-state index in [0.29, 0.717) is 5.69 Å². The number of aryl methyl sites for hydroxylation is 1. The van der Waals surface area contributed by atoms with Gasteiger partial charge < -0.3 is 10.4 Å². The number of hydrogen-bond donors (Lipinski definition) is 2. The average Bonchev–Trinajstić information content (AvgIpc) is 2.35. The Hall–Kier alpha value is -1.84. The molecule has 5 nitrogen and oxygen atoms in total. The predicted molar refractivity (Wildman–Crippen MR) is 78.1 cm³/mol. The van der Waals surface area contributed by atoms with Gasteiger partial charge in [0, 0.05) is 17.5 Å². The normalized spacial score (nSPS) is 12.2. The molecule has 1 aromatic carbocycles. The lowest BCUT2D eigenvalue weighted by atomic mass is 10.1. The van der Waals surface area contributed by atoms with E-state index >= 15 is 0 Å². The minimum absolute atomic E-state index is 0.218. The molecule has 6 heteroatoms. The van der Waals surface area contributed by atoms with E-state index in [1.165, 1.54) is 6.92 Å². The summed E-state index contributed by atoms with van der Waals surface area (Å²) >= 11 is 0. The third kappa shape index (κ3) is 4.37. The lowest BCUT2D eigenvalue weighted by Crippen LogP contribution is -2.31. The van der Waals surface area contributed by atoms with E-state index in [1.54, 1.807) is 18.2 Å². The first kappa shape index (κ1) is 16.2. The van der Waals surface area contributed by atoms with E-state index < -0.39 is 21.0 Å². The summed E-state index contributed by atoms with van der Waals surface area (Å²) in [4.78, 5) is 11.8. The Morgan fingerprint density at radius 3 is 2.60 bits per heavy atom. The molecule has 0 heterocycles. The number of rotatable bonds is 3. The van der Waals surface area contributed by atoms with Gasteiger partial charge in [-0.3, -0.25) is 4.79 Å². The molecule has 0 fully saturated rings. The lowest BCUT2D eigenvalue weighted by Gasteiger charge is -2.11. The molecule has 0 aliphatic carbocycles. The standard InChI is InChI=1S/C14H17NO4S/c1-10-9-13(7-6-12(10)5-4-8-16)15-14(17)11(2)20(3,18)19/h6-7,9,11,16H,8H2,1-3H3,(H,15,17). The van der Waals surface area contributed by atoms with Crippen LogP contribution in [0.2, 0.25) is 0 Å². The summed E-state index contributed by atoms with van der Waals surface area (Å²) in [6, 6.07) is 5.05. The molecule has 0 aromatic heterocycles. The van der Waals surface area contributed by atoms with Gasteiger partial charge in [-0.2, -0.15) is 0 Å². The van der Waals surface area contributed by atoms with E-state index in [2.05, 4.69) is 17.2 Å². The molecular weight excluding hydrogens is 278 g/mol. The number of benzene rings is 1. The second-order valence-electron chi connectivity index (χ2n) is 4.45. The van der Waals surface area contributed by atoms with Crippen LogP contribution in [0.3, 0.4) is 0 Å². The van der Waals surface area contributed by atoms with Gasteiger partial charge in [0.15, 0.2) is 9.84 Å². The molecule has 0 saturated heterocycles. The molecule has 0 saturated carbocycles. The van der Waals surface area contributed by atoms with E-state index in [0.717, 1.165) is 17.4 Å². The first-order chi connectivity index (χ1) is 9.25. The van der Waals surface area contributed by atoms with Crippen LogP contribution in [0.1, 0.15) is 18.1 Å². The van der Waals surface area contributed by atoms with Crippen molar-refractivity contribution in [2.45, 2.75) is 19.1 Å². The molecule has 1 atom stereocenters. The van der Waals surface area contributed by atoms with Crippen LogP contribution in [0.15, 0.2) is 18.2 Å². The zero-order chi connectivity index (χ0) is 15.3. The zero-order valence-corrected chi connectivity index (χ0v) is 12.4. The Morgan fingerprint density at radius 1 is 1.45 bits per heavy atom. The zero-order valence-electron chi connectivity index (χ0n) is 11.6. The topological polar surface area (TPSA) is 83.5 Å². The number of hydrogen-bond acceptors (Lipinski definition) is 4. The monoisotopic (exact) mass is 295 g/mol. The number of carbonyl (C=O) groups is 1. The smallest absolute Gasteiger partial charge is 0.242 e. The van der Waals surface area contributed by atoms with Crippen LogP contribution in [0.4, 0.5) is 5.69 Å². The molecule has 1 rings (SSSR count). The maximum absolute atomic E-state index is 11.8. The molecule has 0 bridgehead atoms. The van der Waals surface area contributed by atoms with Crippen LogP contribution in [0, 0.1) is 18.8 Å². The molecule has 0 aliphatic rings. The van der Waals surface area contributed by atoms with Crippen molar-refractivity contribution in [2.24, 2.45) is 0 Å². The van der Waals surface area contributed by atoms with E-state index in [4.69, 9.17) is 5.11 Å². The number of carbonyl (C=O) groups excluding carboxylic acids is 1. The Bertz CT molecular complexity index is 668. The molecule has 0 aliphatic heterocycles. The highest BCUT2D eigenvalue weighted by Crippen LogP contribution is 2.15. The van der Waals surface area contributed by atoms with Gasteiger partial charge in [-0.15, -0.1) is 0 Å². The molecule has 20 heavy (non-hydrogen) atoms. The maximum atomic E-state index is 11.8. The predicted octanol–water partition coefficient (Wildman–Crippen LogP) is 0.710. The number of nitrogens with one attached hydrogen (secondary N) is 1. The van der Waals surface area contributed by atoms with E-state index in [-0.39, 0.29) is 6.61 Å². The lowest BCUT2D eigenvalue weighted by molar-refractivity contribution is -0.115. The SMILES string of the molecule is Cc1cc(NC(=O)C(C)S(C)(=O)=O)ccc1C#CCO. The summed E-state index contributed by atoms with van der Waals surface area (Å²) in [5, 5.41) is 10.1. The van der Waals surface area contributed by atoms with Crippen molar-refractivity contribution in [2.75, 3.05) is 18.2 Å². The van der Waals surface area contributed by atoms with Crippen molar-refractivity contribution in [3.05, 3.63) is 29.3 Å². The van der Waals surface area contributed by atoms with E-state index in [1.807, 2.05) is 6.92 Å². The molecule has 0 spiro atoms. The summed E-state index contributed by atoms with van der Waals surface area (Å²) in [7, 11) is -3.41. The summed E-state index contributed by atoms with van der Waals surface area (Å²) in [6.07, 6.45) is 1.02. The van der Waals surface area contributed by atoms with Crippen molar-refractivity contribution in [1.29, 1.82) is 0 Å². The van der Waals surface area contributed by atoms with Gasteiger partial charge in [0.05, 0.1) is 0 Å².